The van der Waals surface area contributed by atoms with Crippen molar-refractivity contribution in [2.45, 2.75) is 19.4 Å². The normalized spacial score (nSPS) is 16.1. The summed E-state index contributed by atoms with van der Waals surface area (Å²) in [5, 5.41) is 5.04. The lowest BCUT2D eigenvalue weighted by Crippen LogP contribution is -2.47. The molecule has 1 aromatic carbocycles. The van der Waals surface area contributed by atoms with Crippen LogP contribution in [-0.4, -0.2) is 31.2 Å². The fourth-order valence-electron chi connectivity index (χ4n) is 2.85. The quantitative estimate of drug-likeness (QED) is 0.689. The van der Waals surface area contributed by atoms with E-state index in [1.807, 2.05) is 0 Å². The predicted octanol–water partition coefficient (Wildman–Crippen LogP) is 2.38. The molecule has 0 saturated carbocycles. The second-order valence-electron chi connectivity index (χ2n) is 6.09. The summed E-state index contributed by atoms with van der Waals surface area (Å²) in [5.74, 6) is -1.61. The van der Waals surface area contributed by atoms with Crippen molar-refractivity contribution in [2.75, 3.05) is 13.2 Å². The first-order chi connectivity index (χ1) is 14.0. The van der Waals surface area contributed by atoms with Gasteiger partial charge in [0.05, 0.1) is 30.6 Å². The van der Waals surface area contributed by atoms with E-state index in [4.69, 9.17) is 13.9 Å². The van der Waals surface area contributed by atoms with Crippen LogP contribution < -0.4 is 10.6 Å². The molecule has 0 unspecified atom stereocenters. The molecule has 0 spiro atoms. The van der Waals surface area contributed by atoms with Crippen molar-refractivity contribution < 1.29 is 32.7 Å². The zero-order chi connectivity index (χ0) is 20.8. The molecule has 29 heavy (non-hydrogen) atoms. The molecular weight excluding hydrogens is 383 g/mol. The summed E-state index contributed by atoms with van der Waals surface area (Å²) >= 11 is 0. The maximum atomic E-state index is 13.7. The van der Waals surface area contributed by atoms with Crippen LogP contribution in [0.3, 0.4) is 0 Å². The first-order valence-electron chi connectivity index (χ1n) is 8.89. The lowest BCUT2D eigenvalue weighted by Gasteiger charge is -2.27. The predicted molar refractivity (Wildman–Crippen MR) is 97.8 cm³/mol. The van der Waals surface area contributed by atoms with E-state index in [9.17, 15) is 18.8 Å². The van der Waals surface area contributed by atoms with Crippen LogP contribution in [0.1, 0.15) is 24.3 Å². The van der Waals surface area contributed by atoms with Crippen LogP contribution in [0.4, 0.5) is 9.18 Å². The monoisotopic (exact) mass is 402 g/mol. The highest BCUT2D eigenvalue weighted by Gasteiger charge is 2.35. The van der Waals surface area contributed by atoms with E-state index < -0.39 is 36.4 Å². The Kier molecular flexibility index (Phi) is 6.28. The van der Waals surface area contributed by atoms with Gasteiger partial charge < -0.3 is 24.5 Å². The van der Waals surface area contributed by atoms with Gasteiger partial charge in [0.15, 0.2) is 0 Å². The number of benzene rings is 1. The molecule has 1 aliphatic heterocycles. The summed E-state index contributed by atoms with van der Waals surface area (Å²) in [4.78, 5) is 36.7. The van der Waals surface area contributed by atoms with Crippen molar-refractivity contribution in [1.29, 1.82) is 0 Å². The molecule has 9 heteroatoms. The second kappa shape index (κ2) is 9.05. The fourth-order valence-corrected chi connectivity index (χ4v) is 2.85. The zero-order valence-electron chi connectivity index (χ0n) is 15.6. The topological polar surface area (TPSA) is 107 Å². The summed E-state index contributed by atoms with van der Waals surface area (Å²) in [6, 6.07) is 7.54. The van der Waals surface area contributed by atoms with E-state index in [-0.39, 0.29) is 29.9 Å². The molecule has 1 atom stereocenters. The minimum Gasteiger partial charge on any atom is -0.467 e. The molecule has 1 aliphatic rings. The van der Waals surface area contributed by atoms with Crippen LogP contribution in [0.2, 0.25) is 0 Å². The van der Waals surface area contributed by atoms with E-state index >= 15 is 0 Å². The number of hydrogen-bond acceptors (Lipinski definition) is 6. The lowest BCUT2D eigenvalue weighted by molar-refractivity contribution is -0.143. The molecule has 0 aliphatic carbocycles. The Morgan fingerprint density at radius 2 is 1.97 bits per heavy atom. The van der Waals surface area contributed by atoms with Crippen LogP contribution in [0.5, 0.6) is 0 Å². The SMILES string of the molecule is CCOC(=O)C1=C(COC(=O)Cc2ccccc2F)NC(=O)N[C@H]1c1ccco1. The summed E-state index contributed by atoms with van der Waals surface area (Å²) < 4.78 is 29.3. The van der Waals surface area contributed by atoms with E-state index in [1.54, 1.807) is 25.1 Å². The molecule has 3 rings (SSSR count). The molecule has 0 fully saturated rings. The highest BCUT2D eigenvalue weighted by atomic mass is 19.1. The van der Waals surface area contributed by atoms with Gasteiger partial charge in [0.1, 0.15) is 24.2 Å². The first-order valence-corrected chi connectivity index (χ1v) is 8.89. The Labute approximate surface area is 165 Å². The Bertz CT molecular complexity index is 938. The van der Waals surface area contributed by atoms with Gasteiger partial charge in [-0.15, -0.1) is 0 Å². The molecule has 0 saturated heterocycles. The summed E-state index contributed by atoms with van der Waals surface area (Å²) in [6.07, 6.45) is 1.11. The highest BCUT2D eigenvalue weighted by Crippen LogP contribution is 2.28. The van der Waals surface area contributed by atoms with Crippen molar-refractivity contribution in [3.05, 3.63) is 71.1 Å². The van der Waals surface area contributed by atoms with Crippen LogP contribution in [0, 0.1) is 5.82 Å². The molecular formula is C20H19FN2O6. The number of hydrogen-bond donors (Lipinski definition) is 2. The highest BCUT2D eigenvalue weighted by molar-refractivity contribution is 5.95. The van der Waals surface area contributed by atoms with Crippen LogP contribution >= 0.6 is 0 Å². The van der Waals surface area contributed by atoms with Gasteiger partial charge in [0.2, 0.25) is 0 Å². The van der Waals surface area contributed by atoms with Gasteiger partial charge in [-0.3, -0.25) is 4.79 Å². The van der Waals surface area contributed by atoms with E-state index in [0.717, 1.165) is 0 Å². The molecule has 2 amide bonds. The number of amides is 2. The maximum absolute atomic E-state index is 13.7. The number of carbonyl (C=O) groups excluding carboxylic acids is 3. The number of nitrogens with one attached hydrogen (secondary N) is 2. The van der Waals surface area contributed by atoms with Crippen LogP contribution in [-0.2, 0) is 25.5 Å². The molecule has 2 aromatic rings. The summed E-state index contributed by atoms with van der Waals surface area (Å²) in [5.41, 5.74) is 0.301. The standard InChI is InChI=1S/C20H19FN2O6/c1-2-27-19(25)17-14(22-20(26)23-18(17)15-8-5-9-28-15)11-29-16(24)10-12-6-3-4-7-13(12)21/h3-9,18H,2,10-11H2,1H3,(H2,22,23,26)/t18-/m0/s1. The molecule has 0 radical (unpaired) electrons. The fraction of sp³-hybridized carbons (Fsp3) is 0.250. The van der Waals surface area contributed by atoms with Crippen molar-refractivity contribution in [1.82, 2.24) is 10.6 Å². The minimum atomic E-state index is -0.905. The van der Waals surface area contributed by atoms with Crippen molar-refractivity contribution in [2.24, 2.45) is 0 Å². The number of ether oxygens (including phenoxy) is 2. The first kappa shape index (κ1) is 20.1. The van der Waals surface area contributed by atoms with Gasteiger partial charge in [-0.25, -0.2) is 14.0 Å². The lowest BCUT2D eigenvalue weighted by atomic mass is 10.0. The number of urea groups is 1. The van der Waals surface area contributed by atoms with Crippen LogP contribution in [0.25, 0.3) is 0 Å². The average Bonchev–Trinajstić information content (AvgIpc) is 3.22. The summed E-state index contributed by atoms with van der Waals surface area (Å²) in [6.45, 7) is 1.36. The largest absolute Gasteiger partial charge is 0.467 e. The van der Waals surface area contributed by atoms with Gasteiger partial charge in [-0.05, 0) is 30.7 Å². The Morgan fingerprint density at radius 1 is 1.17 bits per heavy atom. The van der Waals surface area contributed by atoms with Gasteiger partial charge in [-0.2, -0.15) is 0 Å². The smallest absolute Gasteiger partial charge is 0.338 e. The second-order valence-corrected chi connectivity index (χ2v) is 6.09. The molecule has 8 nitrogen and oxygen atoms in total. The number of furan rings is 1. The molecule has 152 valence electrons. The number of rotatable bonds is 7. The number of esters is 2. The molecule has 1 aromatic heterocycles. The number of halogens is 1. The van der Waals surface area contributed by atoms with E-state index in [2.05, 4.69) is 10.6 Å². The third-order valence-electron chi connectivity index (χ3n) is 4.15. The molecule has 0 bridgehead atoms. The number of carbonyl (C=O) groups is 3. The van der Waals surface area contributed by atoms with Crippen LogP contribution in [0.15, 0.2) is 58.3 Å². The van der Waals surface area contributed by atoms with Gasteiger partial charge >= 0.3 is 18.0 Å². The van der Waals surface area contributed by atoms with Gasteiger partial charge in [0.25, 0.3) is 0 Å². The third kappa shape index (κ3) is 4.81. The van der Waals surface area contributed by atoms with Crippen molar-refractivity contribution in [3.8, 4) is 0 Å². The van der Waals surface area contributed by atoms with Gasteiger partial charge in [0, 0.05) is 0 Å². The maximum Gasteiger partial charge on any atom is 0.338 e. The zero-order valence-corrected chi connectivity index (χ0v) is 15.6. The van der Waals surface area contributed by atoms with Gasteiger partial charge in [-0.1, -0.05) is 18.2 Å². The summed E-state index contributed by atoms with van der Waals surface area (Å²) in [7, 11) is 0. The average molecular weight is 402 g/mol. The van der Waals surface area contributed by atoms with E-state index in [0.29, 0.717) is 5.76 Å². The van der Waals surface area contributed by atoms with Crippen molar-refractivity contribution in [3.63, 3.8) is 0 Å². The van der Waals surface area contributed by atoms with E-state index in [1.165, 1.54) is 24.5 Å². The minimum absolute atomic E-state index is 0.0556. The van der Waals surface area contributed by atoms with Crippen molar-refractivity contribution >= 4 is 18.0 Å². The Balaban J connectivity index is 1.81. The third-order valence-corrected chi connectivity index (χ3v) is 4.15. The molecule has 2 N–H and O–H groups in total. The Hall–Kier alpha value is -3.62. The Morgan fingerprint density at radius 3 is 2.66 bits per heavy atom. The molecule has 2 heterocycles.